The van der Waals surface area contributed by atoms with Crippen LogP contribution in [0.1, 0.15) is 38.5 Å². The van der Waals surface area contributed by atoms with Crippen molar-refractivity contribution in [1.82, 2.24) is 10.2 Å². The zero-order valence-electron chi connectivity index (χ0n) is 10.4. The molecule has 16 heavy (non-hydrogen) atoms. The normalized spacial score (nSPS) is 37.9. The Morgan fingerprint density at radius 3 is 2.75 bits per heavy atom. The number of hydrogen-bond acceptors (Lipinski definition) is 3. The molecule has 3 rings (SSSR count). The van der Waals surface area contributed by atoms with Crippen LogP contribution in [0.5, 0.6) is 0 Å². The first-order valence-corrected chi connectivity index (χ1v) is 6.86. The van der Waals surface area contributed by atoms with Crippen LogP contribution in [0.2, 0.25) is 0 Å². The zero-order valence-corrected chi connectivity index (χ0v) is 10.4. The summed E-state index contributed by atoms with van der Waals surface area (Å²) >= 11 is 0. The molecule has 0 amide bonds. The molecule has 1 saturated carbocycles. The molecule has 2 atom stereocenters. The molecule has 92 valence electrons. The van der Waals surface area contributed by atoms with E-state index in [1.165, 1.54) is 51.6 Å². The van der Waals surface area contributed by atoms with Gasteiger partial charge in [-0.2, -0.15) is 0 Å². The van der Waals surface area contributed by atoms with Crippen LogP contribution in [-0.4, -0.2) is 49.3 Å². The van der Waals surface area contributed by atoms with E-state index in [1.54, 1.807) is 0 Å². The maximum atomic E-state index is 6.00. The Bertz CT molecular complexity index is 246. The van der Waals surface area contributed by atoms with Gasteiger partial charge in [-0.25, -0.2) is 0 Å². The van der Waals surface area contributed by atoms with Crippen molar-refractivity contribution in [1.29, 1.82) is 0 Å². The van der Waals surface area contributed by atoms with E-state index in [2.05, 4.69) is 17.3 Å². The highest BCUT2D eigenvalue weighted by atomic mass is 16.5. The largest absolute Gasteiger partial charge is 0.375 e. The summed E-state index contributed by atoms with van der Waals surface area (Å²) in [4.78, 5) is 2.63. The fourth-order valence-corrected chi connectivity index (χ4v) is 3.55. The Morgan fingerprint density at radius 1 is 1.25 bits per heavy atom. The van der Waals surface area contributed by atoms with Crippen LogP contribution in [0.25, 0.3) is 0 Å². The van der Waals surface area contributed by atoms with E-state index in [4.69, 9.17) is 4.74 Å². The van der Waals surface area contributed by atoms with E-state index >= 15 is 0 Å². The Labute approximate surface area is 98.5 Å². The average Bonchev–Trinajstić information content (AvgIpc) is 2.79. The van der Waals surface area contributed by atoms with Crippen molar-refractivity contribution in [3.05, 3.63) is 0 Å². The Morgan fingerprint density at radius 2 is 2.12 bits per heavy atom. The topological polar surface area (TPSA) is 24.5 Å². The number of likely N-dealkylation sites (N-methyl/N-ethyl adjacent to an activating group) is 1. The van der Waals surface area contributed by atoms with E-state index in [-0.39, 0.29) is 0 Å². The quantitative estimate of drug-likeness (QED) is 0.767. The summed E-state index contributed by atoms with van der Waals surface area (Å²) in [6.45, 7) is 3.36. The van der Waals surface area contributed by atoms with Gasteiger partial charge < -0.3 is 10.1 Å². The molecule has 0 bridgehead atoms. The molecule has 2 heterocycles. The molecule has 0 aromatic rings. The molecule has 2 aliphatic heterocycles. The van der Waals surface area contributed by atoms with Crippen molar-refractivity contribution in [2.24, 2.45) is 0 Å². The summed E-state index contributed by atoms with van der Waals surface area (Å²) in [6, 6.07) is 1.53. The maximum absolute atomic E-state index is 6.00. The lowest BCUT2D eigenvalue weighted by Gasteiger charge is -2.49. The fourth-order valence-electron chi connectivity index (χ4n) is 3.55. The highest BCUT2D eigenvalue weighted by Gasteiger charge is 2.44. The SMILES string of the molecule is CN(C1CCNC1)C1CCOC2(CCC2)C1. The van der Waals surface area contributed by atoms with E-state index in [0.717, 1.165) is 18.7 Å². The average molecular weight is 224 g/mol. The van der Waals surface area contributed by atoms with Gasteiger partial charge in [0.2, 0.25) is 0 Å². The molecule has 0 aromatic carbocycles. The summed E-state index contributed by atoms with van der Waals surface area (Å²) in [5.74, 6) is 0. The van der Waals surface area contributed by atoms with Gasteiger partial charge in [-0.05, 0) is 52.1 Å². The molecule has 3 fully saturated rings. The third-order valence-corrected chi connectivity index (χ3v) is 4.92. The smallest absolute Gasteiger partial charge is 0.0697 e. The first-order valence-electron chi connectivity index (χ1n) is 6.86. The fraction of sp³-hybridized carbons (Fsp3) is 1.00. The molecule has 1 spiro atoms. The van der Waals surface area contributed by atoms with Crippen LogP contribution in [0, 0.1) is 0 Å². The summed E-state index contributed by atoms with van der Waals surface area (Å²) in [5, 5.41) is 3.47. The van der Waals surface area contributed by atoms with Crippen molar-refractivity contribution >= 4 is 0 Å². The van der Waals surface area contributed by atoms with Gasteiger partial charge in [0.05, 0.1) is 5.60 Å². The second-order valence-electron chi connectivity index (χ2n) is 5.84. The lowest BCUT2D eigenvalue weighted by Crippen LogP contribution is -2.53. The molecule has 1 N–H and O–H groups in total. The minimum Gasteiger partial charge on any atom is -0.375 e. The van der Waals surface area contributed by atoms with Crippen LogP contribution in [0.15, 0.2) is 0 Å². The molecular formula is C13H24N2O. The lowest BCUT2D eigenvalue weighted by molar-refractivity contribution is -0.149. The Balaban J connectivity index is 1.60. The molecule has 3 heteroatoms. The van der Waals surface area contributed by atoms with Crippen molar-refractivity contribution in [2.45, 2.75) is 56.2 Å². The third-order valence-electron chi connectivity index (χ3n) is 4.92. The van der Waals surface area contributed by atoms with Gasteiger partial charge in [0.15, 0.2) is 0 Å². The predicted octanol–water partition coefficient (Wildman–Crippen LogP) is 1.38. The minimum atomic E-state index is 0.295. The van der Waals surface area contributed by atoms with Crippen LogP contribution in [0.3, 0.4) is 0 Å². The molecular weight excluding hydrogens is 200 g/mol. The zero-order chi connectivity index (χ0) is 11.0. The van der Waals surface area contributed by atoms with Crippen LogP contribution < -0.4 is 5.32 Å². The number of nitrogens with one attached hydrogen (secondary N) is 1. The van der Waals surface area contributed by atoms with E-state index in [0.29, 0.717) is 5.60 Å². The molecule has 1 aliphatic carbocycles. The Kier molecular flexibility index (Phi) is 2.94. The molecule has 2 saturated heterocycles. The van der Waals surface area contributed by atoms with Crippen LogP contribution in [0.4, 0.5) is 0 Å². The van der Waals surface area contributed by atoms with Crippen LogP contribution >= 0.6 is 0 Å². The molecule has 0 radical (unpaired) electrons. The minimum absolute atomic E-state index is 0.295. The number of rotatable bonds is 2. The van der Waals surface area contributed by atoms with Gasteiger partial charge in [-0.3, -0.25) is 4.90 Å². The second kappa shape index (κ2) is 4.28. The highest BCUT2D eigenvalue weighted by molar-refractivity contribution is 4.97. The van der Waals surface area contributed by atoms with E-state index in [1.807, 2.05) is 0 Å². The number of hydrogen-bond donors (Lipinski definition) is 1. The molecule has 3 nitrogen and oxygen atoms in total. The van der Waals surface area contributed by atoms with E-state index in [9.17, 15) is 0 Å². The van der Waals surface area contributed by atoms with Crippen molar-refractivity contribution < 1.29 is 4.74 Å². The predicted molar refractivity (Wildman–Crippen MR) is 64.6 cm³/mol. The summed E-state index contributed by atoms with van der Waals surface area (Å²) in [5.41, 5.74) is 0.295. The van der Waals surface area contributed by atoms with E-state index < -0.39 is 0 Å². The summed E-state index contributed by atoms with van der Waals surface area (Å²) in [6.07, 6.45) is 7.82. The van der Waals surface area contributed by atoms with Gasteiger partial charge in [0.25, 0.3) is 0 Å². The first-order chi connectivity index (χ1) is 7.79. The van der Waals surface area contributed by atoms with Gasteiger partial charge in [-0.15, -0.1) is 0 Å². The summed E-state index contributed by atoms with van der Waals surface area (Å²) < 4.78 is 6.00. The standard InChI is InChI=1S/C13H24N2O/c1-15(12-3-7-14-10-12)11-4-8-16-13(9-11)5-2-6-13/h11-12,14H,2-10H2,1H3. The number of ether oxygens (including phenoxy) is 1. The molecule has 2 unspecified atom stereocenters. The second-order valence-corrected chi connectivity index (χ2v) is 5.84. The monoisotopic (exact) mass is 224 g/mol. The van der Waals surface area contributed by atoms with Crippen molar-refractivity contribution in [3.8, 4) is 0 Å². The molecule has 0 aromatic heterocycles. The maximum Gasteiger partial charge on any atom is 0.0697 e. The van der Waals surface area contributed by atoms with Gasteiger partial charge >= 0.3 is 0 Å². The third kappa shape index (κ3) is 1.89. The van der Waals surface area contributed by atoms with Gasteiger partial charge in [-0.1, -0.05) is 0 Å². The Hall–Kier alpha value is -0.120. The van der Waals surface area contributed by atoms with Gasteiger partial charge in [0, 0.05) is 25.2 Å². The summed E-state index contributed by atoms with van der Waals surface area (Å²) in [7, 11) is 2.32. The molecule has 3 aliphatic rings. The lowest BCUT2D eigenvalue weighted by atomic mass is 9.73. The highest BCUT2D eigenvalue weighted by Crippen LogP contribution is 2.43. The number of nitrogens with zero attached hydrogens (tertiary/aromatic N) is 1. The van der Waals surface area contributed by atoms with Crippen molar-refractivity contribution in [3.63, 3.8) is 0 Å². The van der Waals surface area contributed by atoms with Crippen LogP contribution in [-0.2, 0) is 4.74 Å². The van der Waals surface area contributed by atoms with Crippen molar-refractivity contribution in [2.75, 3.05) is 26.7 Å². The first kappa shape index (κ1) is 11.0. The van der Waals surface area contributed by atoms with Gasteiger partial charge in [0.1, 0.15) is 0 Å².